The highest BCUT2D eigenvalue weighted by Gasteiger charge is 2.38. The number of nitrogens with two attached hydrogens (primary N) is 1. The number of hydrogen-bond acceptors (Lipinski definition) is 4. The normalized spacial score (nSPS) is 19.1. The molecule has 1 atom stereocenters. The Bertz CT molecular complexity index is 517. The Morgan fingerprint density at radius 1 is 1.24 bits per heavy atom. The lowest BCUT2D eigenvalue weighted by molar-refractivity contribution is -0.147. The number of halogens is 3. The van der Waals surface area contributed by atoms with Gasteiger partial charge in [0.05, 0.1) is 6.54 Å². The maximum atomic E-state index is 12.6. The Hall–Kier alpha value is -1.47. The average Bonchev–Trinajstić information content (AvgIpc) is 3.14. The molecule has 2 aliphatic rings. The van der Waals surface area contributed by atoms with E-state index in [-0.39, 0.29) is 19.4 Å². The summed E-state index contributed by atoms with van der Waals surface area (Å²) in [6.07, 6.45) is -2.58. The van der Waals surface area contributed by atoms with E-state index in [1.54, 1.807) is 18.2 Å². The molecule has 1 aromatic rings. The van der Waals surface area contributed by atoms with Crippen molar-refractivity contribution >= 4 is 0 Å². The van der Waals surface area contributed by atoms with Crippen LogP contribution in [-0.2, 0) is 0 Å². The first-order valence-corrected chi connectivity index (χ1v) is 6.88. The Kier molecular flexibility index (Phi) is 3.71. The molecule has 7 heteroatoms. The van der Waals surface area contributed by atoms with Crippen molar-refractivity contribution in [3.8, 4) is 11.5 Å². The minimum Gasteiger partial charge on any atom is -0.454 e. The highest BCUT2D eigenvalue weighted by molar-refractivity contribution is 5.45. The number of hydrogen-bond donors (Lipinski definition) is 1. The minimum absolute atomic E-state index is 0.00619. The summed E-state index contributed by atoms with van der Waals surface area (Å²) in [4.78, 5) is 1.43. The second kappa shape index (κ2) is 5.38. The average molecular weight is 302 g/mol. The lowest BCUT2D eigenvalue weighted by atomic mass is 10.1. The topological polar surface area (TPSA) is 47.7 Å². The lowest BCUT2D eigenvalue weighted by Gasteiger charge is -2.26. The molecular weight excluding hydrogens is 285 g/mol. The van der Waals surface area contributed by atoms with Crippen molar-refractivity contribution in [1.29, 1.82) is 0 Å². The summed E-state index contributed by atoms with van der Waals surface area (Å²) >= 11 is 0. The lowest BCUT2D eigenvalue weighted by Crippen LogP contribution is -2.40. The van der Waals surface area contributed by atoms with Gasteiger partial charge < -0.3 is 15.2 Å². The van der Waals surface area contributed by atoms with Crippen LogP contribution < -0.4 is 15.2 Å². The fourth-order valence-electron chi connectivity index (χ4n) is 2.51. The molecule has 116 valence electrons. The highest BCUT2D eigenvalue weighted by atomic mass is 19.4. The van der Waals surface area contributed by atoms with E-state index in [0.717, 1.165) is 18.4 Å². The summed E-state index contributed by atoms with van der Waals surface area (Å²) in [5.41, 5.74) is 6.83. The summed E-state index contributed by atoms with van der Waals surface area (Å²) in [6.45, 7) is -0.559. The van der Waals surface area contributed by atoms with Gasteiger partial charge in [0.15, 0.2) is 11.5 Å². The van der Waals surface area contributed by atoms with E-state index >= 15 is 0 Å². The monoisotopic (exact) mass is 302 g/mol. The molecule has 0 spiro atoms. The van der Waals surface area contributed by atoms with Gasteiger partial charge in [-0.05, 0) is 30.5 Å². The van der Waals surface area contributed by atoms with Crippen molar-refractivity contribution in [3.63, 3.8) is 0 Å². The molecular formula is C14H17F3N2O2. The number of fused-ring (bicyclic) bond motifs is 1. The van der Waals surface area contributed by atoms with Crippen molar-refractivity contribution in [1.82, 2.24) is 4.90 Å². The zero-order valence-electron chi connectivity index (χ0n) is 11.4. The number of benzene rings is 1. The standard InChI is InChI=1S/C14H17F3N2O2/c15-14(16,17)7-19(10-2-3-10)6-11(18)9-1-4-12-13(5-9)21-8-20-12/h1,4-5,10-11H,2-3,6-8,18H2. The quantitative estimate of drug-likeness (QED) is 0.907. The van der Waals surface area contributed by atoms with Crippen molar-refractivity contribution in [2.45, 2.75) is 31.1 Å². The van der Waals surface area contributed by atoms with E-state index in [4.69, 9.17) is 15.2 Å². The Morgan fingerprint density at radius 2 is 1.95 bits per heavy atom. The van der Waals surface area contributed by atoms with Gasteiger partial charge in [-0.3, -0.25) is 4.90 Å². The molecule has 1 fully saturated rings. The van der Waals surface area contributed by atoms with E-state index in [9.17, 15) is 13.2 Å². The number of rotatable bonds is 5. The number of alkyl halides is 3. The van der Waals surface area contributed by atoms with Crippen molar-refractivity contribution < 1.29 is 22.6 Å². The predicted molar refractivity (Wildman–Crippen MR) is 70.1 cm³/mol. The first-order valence-electron chi connectivity index (χ1n) is 6.88. The number of ether oxygens (including phenoxy) is 2. The molecule has 0 amide bonds. The molecule has 21 heavy (non-hydrogen) atoms. The van der Waals surface area contributed by atoms with Crippen LogP contribution in [0.5, 0.6) is 11.5 Å². The molecule has 1 heterocycles. The van der Waals surface area contributed by atoms with E-state index in [2.05, 4.69) is 0 Å². The van der Waals surface area contributed by atoms with Gasteiger partial charge in [-0.2, -0.15) is 13.2 Å². The molecule has 1 unspecified atom stereocenters. The first-order chi connectivity index (χ1) is 9.92. The van der Waals surface area contributed by atoms with Crippen LogP contribution in [0.25, 0.3) is 0 Å². The zero-order valence-corrected chi connectivity index (χ0v) is 11.4. The van der Waals surface area contributed by atoms with Crippen LogP contribution in [-0.4, -0.2) is 37.0 Å². The van der Waals surface area contributed by atoms with Crippen molar-refractivity contribution in [3.05, 3.63) is 23.8 Å². The van der Waals surface area contributed by atoms with Crippen LogP contribution >= 0.6 is 0 Å². The smallest absolute Gasteiger partial charge is 0.401 e. The summed E-state index contributed by atoms with van der Waals surface area (Å²) in [7, 11) is 0. The molecule has 3 rings (SSSR count). The van der Waals surface area contributed by atoms with Gasteiger partial charge >= 0.3 is 6.18 Å². The fourth-order valence-corrected chi connectivity index (χ4v) is 2.51. The molecule has 1 aliphatic heterocycles. The predicted octanol–water partition coefficient (Wildman–Crippen LogP) is 2.44. The Balaban J connectivity index is 1.68. The van der Waals surface area contributed by atoms with Gasteiger partial charge in [0.25, 0.3) is 0 Å². The van der Waals surface area contributed by atoms with Gasteiger partial charge in [0.1, 0.15) is 0 Å². The molecule has 1 aliphatic carbocycles. The Labute approximate surface area is 120 Å². The summed E-state index contributed by atoms with van der Waals surface area (Å²) < 4.78 is 48.3. The second-order valence-corrected chi connectivity index (χ2v) is 5.49. The van der Waals surface area contributed by atoms with Gasteiger partial charge in [-0.25, -0.2) is 0 Å². The van der Waals surface area contributed by atoms with Crippen molar-refractivity contribution in [2.75, 3.05) is 19.9 Å². The maximum absolute atomic E-state index is 12.6. The third-order valence-electron chi connectivity index (χ3n) is 3.70. The van der Waals surface area contributed by atoms with Gasteiger partial charge in [-0.1, -0.05) is 6.07 Å². The third kappa shape index (κ3) is 3.59. The summed E-state index contributed by atoms with van der Waals surface area (Å²) in [5.74, 6) is 1.23. The van der Waals surface area contributed by atoms with Crippen LogP contribution in [0.1, 0.15) is 24.4 Å². The molecule has 0 saturated heterocycles. The SMILES string of the molecule is NC(CN(CC(F)(F)F)C1CC1)c1ccc2c(c1)OCO2. The van der Waals surface area contributed by atoms with E-state index < -0.39 is 18.8 Å². The van der Waals surface area contributed by atoms with Crippen LogP contribution in [0.4, 0.5) is 13.2 Å². The van der Waals surface area contributed by atoms with Crippen LogP contribution in [0, 0.1) is 0 Å². The molecule has 0 bridgehead atoms. The van der Waals surface area contributed by atoms with Crippen LogP contribution in [0.3, 0.4) is 0 Å². The Morgan fingerprint density at radius 3 is 2.62 bits per heavy atom. The molecule has 4 nitrogen and oxygen atoms in total. The van der Waals surface area contributed by atoms with Crippen molar-refractivity contribution in [2.24, 2.45) is 5.73 Å². The van der Waals surface area contributed by atoms with E-state index in [1.165, 1.54) is 4.90 Å². The molecule has 2 N–H and O–H groups in total. The molecule has 0 radical (unpaired) electrons. The summed E-state index contributed by atoms with van der Waals surface area (Å²) in [5, 5.41) is 0. The molecule has 1 saturated carbocycles. The third-order valence-corrected chi connectivity index (χ3v) is 3.70. The zero-order chi connectivity index (χ0) is 15.0. The van der Waals surface area contributed by atoms with Crippen LogP contribution in [0.15, 0.2) is 18.2 Å². The van der Waals surface area contributed by atoms with Gasteiger partial charge in [0.2, 0.25) is 6.79 Å². The molecule has 1 aromatic carbocycles. The van der Waals surface area contributed by atoms with Crippen LogP contribution in [0.2, 0.25) is 0 Å². The van der Waals surface area contributed by atoms with Gasteiger partial charge in [-0.15, -0.1) is 0 Å². The highest BCUT2D eigenvalue weighted by Crippen LogP contribution is 2.35. The first kappa shape index (κ1) is 14.5. The van der Waals surface area contributed by atoms with E-state index in [0.29, 0.717) is 11.5 Å². The van der Waals surface area contributed by atoms with Gasteiger partial charge in [0, 0.05) is 18.6 Å². The maximum Gasteiger partial charge on any atom is 0.401 e. The number of nitrogens with zero attached hydrogens (tertiary/aromatic N) is 1. The largest absolute Gasteiger partial charge is 0.454 e. The fraction of sp³-hybridized carbons (Fsp3) is 0.571. The second-order valence-electron chi connectivity index (χ2n) is 5.49. The van der Waals surface area contributed by atoms with E-state index in [1.807, 2.05) is 0 Å². The minimum atomic E-state index is -4.20. The summed E-state index contributed by atoms with van der Waals surface area (Å²) in [6, 6.07) is 4.78. The molecule has 0 aromatic heterocycles.